The van der Waals surface area contributed by atoms with Crippen molar-refractivity contribution in [1.29, 1.82) is 0 Å². The molecule has 1 heterocycles. The first kappa shape index (κ1) is 7.54. The summed E-state index contributed by atoms with van der Waals surface area (Å²) in [6, 6.07) is 0. The van der Waals surface area contributed by atoms with Gasteiger partial charge in [-0.2, -0.15) is 4.37 Å². The highest BCUT2D eigenvalue weighted by Crippen LogP contribution is 2.23. The normalized spacial score (nSPS) is 10.4. The Morgan fingerprint density at radius 2 is 2.30 bits per heavy atom. The molecule has 1 aromatic heterocycles. The third-order valence-corrected chi connectivity index (χ3v) is 2.10. The van der Waals surface area contributed by atoms with E-state index in [4.69, 9.17) is 0 Å². The van der Waals surface area contributed by atoms with Crippen LogP contribution in [0.15, 0.2) is 5.38 Å². The summed E-state index contributed by atoms with van der Waals surface area (Å²) in [6.45, 7) is 4.34. The molecule has 0 amide bonds. The molecule has 2 nitrogen and oxygen atoms in total. The molecule has 1 aromatic rings. The first-order chi connectivity index (χ1) is 4.75. The highest BCUT2D eigenvalue weighted by Gasteiger charge is 2.06. The fourth-order valence-corrected chi connectivity index (χ4v) is 1.70. The van der Waals surface area contributed by atoms with Crippen LogP contribution >= 0.6 is 11.5 Å². The second kappa shape index (κ2) is 3.01. The Labute approximate surface area is 65.4 Å². The molecule has 0 aliphatic rings. The molecule has 56 valence electrons. The Morgan fingerprint density at radius 3 is 2.70 bits per heavy atom. The Kier molecular flexibility index (Phi) is 2.27. The van der Waals surface area contributed by atoms with Crippen molar-refractivity contribution >= 4 is 17.4 Å². The molecule has 0 radical (unpaired) electrons. The molecule has 0 atom stereocenters. The maximum absolute atomic E-state index is 4.19. The largest absolute Gasteiger partial charge is 0.372 e. The van der Waals surface area contributed by atoms with E-state index in [0.717, 1.165) is 5.82 Å². The number of anilines is 1. The lowest BCUT2D eigenvalue weighted by atomic mass is 10.1. The van der Waals surface area contributed by atoms with E-state index in [-0.39, 0.29) is 0 Å². The molecule has 0 unspecified atom stereocenters. The molecule has 3 heteroatoms. The summed E-state index contributed by atoms with van der Waals surface area (Å²) >= 11 is 1.51. The van der Waals surface area contributed by atoms with E-state index in [2.05, 4.69) is 28.9 Å². The van der Waals surface area contributed by atoms with Crippen molar-refractivity contribution in [2.75, 3.05) is 12.4 Å². The van der Waals surface area contributed by atoms with Gasteiger partial charge < -0.3 is 5.32 Å². The van der Waals surface area contributed by atoms with E-state index in [0.29, 0.717) is 5.92 Å². The zero-order valence-electron chi connectivity index (χ0n) is 6.51. The molecule has 0 saturated carbocycles. The highest BCUT2D eigenvalue weighted by molar-refractivity contribution is 7.04. The van der Waals surface area contributed by atoms with Crippen molar-refractivity contribution in [3.05, 3.63) is 10.9 Å². The highest BCUT2D eigenvalue weighted by atomic mass is 32.1. The maximum atomic E-state index is 4.19. The van der Waals surface area contributed by atoms with Crippen LogP contribution in [0, 0.1) is 0 Å². The minimum atomic E-state index is 0.571. The van der Waals surface area contributed by atoms with Crippen molar-refractivity contribution in [3.8, 4) is 0 Å². The Morgan fingerprint density at radius 1 is 1.60 bits per heavy atom. The van der Waals surface area contributed by atoms with Crippen molar-refractivity contribution in [3.63, 3.8) is 0 Å². The molecule has 0 aromatic carbocycles. The van der Waals surface area contributed by atoms with Gasteiger partial charge in [0.15, 0.2) is 0 Å². The van der Waals surface area contributed by atoms with Gasteiger partial charge in [0.2, 0.25) is 0 Å². The maximum Gasteiger partial charge on any atom is 0.142 e. The third-order valence-electron chi connectivity index (χ3n) is 1.46. The summed E-state index contributed by atoms with van der Waals surface area (Å²) in [5.41, 5.74) is 1.31. The number of aromatic nitrogens is 1. The molecule has 0 aliphatic carbocycles. The molecule has 1 N–H and O–H groups in total. The fourth-order valence-electron chi connectivity index (χ4n) is 0.844. The van der Waals surface area contributed by atoms with Gasteiger partial charge >= 0.3 is 0 Å². The van der Waals surface area contributed by atoms with E-state index < -0.39 is 0 Å². The van der Waals surface area contributed by atoms with Crippen LogP contribution in [0.1, 0.15) is 25.3 Å². The topological polar surface area (TPSA) is 24.9 Å². The van der Waals surface area contributed by atoms with Gasteiger partial charge in [-0.15, -0.1) is 0 Å². The van der Waals surface area contributed by atoms with Crippen LogP contribution in [-0.4, -0.2) is 11.4 Å². The third kappa shape index (κ3) is 1.29. The van der Waals surface area contributed by atoms with Gasteiger partial charge in [0.25, 0.3) is 0 Å². The first-order valence-electron chi connectivity index (χ1n) is 3.37. The van der Waals surface area contributed by atoms with E-state index in [1.165, 1.54) is 17.1 Å². The number of nitrogens with zero attached hydrogens (tertiary/aromatic N) is 1. The SMILES string of the molecule is CNc1nscc1C(C)C. The zero-order valence-corrected chi connectivity index (χ0v) is 7.33. The zero-order chi connectivity index (χ0) is 7.56. The van der Waals surface area contributed by atoms with Crippen LogP contribution in [0.3, 0.4) is 0 Å². The second-order valence-corrected chi connectivity index (χ2v) is 3.15. The lowest BCUT2D eigenvalue weighted by molar-refractivity contribution is 0.870. The number of nitrogens with one attached hydrogen (secondary N) is 1. The minimum absolute atomic E-state index is 0.571. The quantitative estimate of drug-likeness (QED) is 0.710. The molecule has 0 aliphatic heterocycles. The summed E-state index contributed by atoms with van der Waals surface area (Å²) in [5, 5.41) is 5.15. The Balaban J connectivity index is 2.90. The molecular formula is C7H12N2S. The number of hydrogen-bond acceptors (Lipinski definition) is 3. The van der Waals surface area contributed by atoms with Crippen LogP contribution in [0.5, 0.6) is 0 Å². The van der Waals surface area contributed by atoms with Crippen molar-refractivity contribution in [2.45, 2.75) is 19.8 Å². The predicted molar refractivity (Wildman–Crippen MR) is 45.7 cm³/mol. The number of hydrogen-bond donors (Lipinski definition) is 1. The predicted octanol–water partition coefficient (Wildman–Crippen LogP) is 2.31. The summed E-state index contributed by atoms with van der Waals surface area (Å²) < 4.78 is 4.19. The average molecular weight is 156 g/mol. The van der Waals surface area contributed by atoms with Crippen LogP contribution in [-0.2, 0) is 0 Å². The van der Waals surface area contributed by atoms with Gasteiger partial charge in [-0.25, -0.2) is 0 Å². The van der Waals surface area contributed by atoms with Gasteiger partial charge in [-0.05, 0) is 17.5 Å². The summed E-state index contributed by atoms with van der Waals surface area (Å²) in [7, 11) is 1.90. The van der Waals surface area contributed by atoms with E-state index in [9.17, 15) is 0 Å². The fraction of sp³-hybridized carbons (Fsp3) is 0.571. The Bertz CT molecular complexity index is 205. The minimum Gasteiger partial charge on any atom is -0.372 e. The van der Waals surface area contributed by atoms with E-state index in [1.807, 2.05) is 7.05 Å². The average Bonchev–Trinajstić information content (AvgIpc) is 2.33. The van der Waals surface area contributed by atoms with Crippen molar-refractivity contribution in [2.24, 2.45) is 0 Å². The smallest absolute Gasteiger partial charge is 0.142 e. The summed E-state index contributed by atoms with van der Waals surface area (Å²) in [4.78, 5) is 0. The molecule has 0 bridgehead atoms. The van der Waals surface area contributed by atoms with Crippen molar-refractivity contribution < 1.29 is 0 Å². The van der Waals surface area contributed by atoms with Gasteiger partial charge in [-0.1, -0.05) is 13.8 Å². The summed E-state index contributed by atoms with van der Waals surface area (Å²) in [6.07, 6.45) is 0. The van der Waals surface area contributed by atoms with Gasteiger partial charge in [0, 0.05) is 18.0 Å². The Hall–Kier alpha value is -0.570. The van der Waals surface area contributed by atoms with E-state index in [1.54, 1.807) is 0 Å². The first-order valence-corrected chi connectivity index (χ1v) is 4.21. The molecule has 0 saturated heterocycles. The monoisotopic (exact) mass is 156 g/mol. The van der Waals surface area contributed by atoms with Gasteiger partial charge in [-0.3, -0.25) is 0 Å². The van der Waals surface area contributed by atoms with Gasteiger partial charge in [0.1, 0.15) is 5.82 Å². The standard InChI is InChI=1S/C7H12N2S/c1-5(2)6-4-10-9-7(6)8-3/h4-5H,1-3H3,(H,8,9). The lowest BCUT2D eigenvalue weighted by Gasteiger charge is -2.03. The second-order valence-electron chi connectivity index (χ2n) is 2.52. The van der Waals surface area contributed by atoms with Crippen molar-refractivity contribution in [1.82, 2.24) is 4.37 Å². The van der Waals surface area contributed by atoms with Crippen LogP contribution < -0.4 is 5.32 Å². The lowest BCUT2D eigenvalue weighted by Crippen LogP contribution is -1.94. The van der Waals surface area contributed by atoms with Crippen LogP contribution in [0.2, 0.25) is 0 Å². The number of rotatable bonds is 2. The molecule has 1 rings (SSSR count). The van der Waals surface area contributed by atoms with Crippen LogP contribution in [0.4, 0.5) is 5.82 Å². The molecular weight excluding hydrogens is 144 g/mol. The molecule has 10 heavy (non-hydrogen) atoms. The van der Waals surface area contributed by atoms with E-state index >= 15 is 0 Å². The summed E-state index contributed by atoms with van der Waals surface area (Å²) in [5.74, 6) is 1.60. The van der Waals surface area contributed by atoms with Crippen LogP contribution in [0.25, 0.3) is 0 Å². The molecule has 0 spiro atoms. The molecule has 0 fully saturated rings. The van der Waals surface area contributed by atoms with Gasteiger partial charge in [0.05, 0.1) is 0 Å².